The molecule has 3 rings (SSSR count). The molecule has 1 aliphatic carbocycles. The molecule has 1 heterocycles. The molecule has 1 aromatic carbocycles. The molecule has 0 bridgehead atoms. The zero-order valence-corrected chi connectivity index (χ0v) is 13.4. The van der Waals surface area contributed by atoms with Crippen LogP contribution in [0.25, 0.3) is 10.8 Å². The average molecular weight is 329 g/mol. The zero-order valence-electron chi connectivity index (χ0n) is 13.4. The summed E-state index contributed by atoms with van der Waals surface area (Å²) in [6.45, 7) is 1.55. The molecule has 0 radical (unpaired) electrons. The van der Waals surface area contributed by atoms with E-state index in [0.29, 0.717) is 0 Å². The van der Waals surface area contributed by atoms with Gasteiger partial charge >= 0.3 is 5.97 Å². The number of carboxylic acid groups (broad SMARTS) is 1. The summed E-state index contributed by atoms with van der Waals surface area (Å²) >= 11 is 0. The Labute approximate surface area is 138 Å². The van der Waals surface area contributed by atoms with Crippen LogP contribution in [0.15, 0.2) is 29.1 Å². The molecule has 1 atom stereocenters. The molecule has 0 unspecified atom stereocenters. The normalized spacial score (nSPS) is 16.2. The number of hydrogen-bond acceptors (Lipinski definition) is 4. The van der Waals surface area contributed by atoms with Gasteiger partial charge in [-0.2, -0.15) is 5.10 Å². The van der Waals surface area contributed by atoms with Crippen LogP contribution in [-0.4, -0.2) is 32.8 Å². The molecule has 1 saturated carbocycles. The molecule has 2 N–H and O–H groups in total. The lowest BCUT2D eigenvalue weighted by molar-refractivity contribution is -0.124. The summed E-state index contributed by atoms with van der Waals surface area (Å²) in [5.74, 6) is -1.55. The monoisotopic (exact) mass is 329 g/mol. The van der Waals surface area contributed by atoms with E-state index in [1.54, 1.807) is 31.2 Å². The van der Waals surface area contributed by atoms with Gasteiger partial charge in [0.25, 0.3) is 5.56 Å². The summed E-state index contributed by atoms with van der Waals surface area (Å²) in [4.78, 5) is 36.5. The highest BCUT2D eigenvalue weighted by Crippen LogP contribution is 2.19. The first-order valence-electron chi connectivity index (χ1n) is 8.04. The molecule has 0 saturated heterocycles. The molecular formula is C17H19N3O4. The van der Waals surface area contributed by atoms with Crippen molar-refractivity contribution in [2.75, 3.05) is 0 Å². The molecule has 1 amide bonds. The van der Waals surface area contributed by atoms with Crippen LogP contribution < -0.4 is 10.9 Å². The van der Waals surface area contributed by atoms with E-state index >= 15 is 0 Å². The van der Waals surface area contributed by atoms with Gasteiger partial charge in [-0.3, -0.25) is 9.59 Å². The molecule has 126 valence electrons. The smallest absolute Gasteiger partial charge is 0.357 e. The summed E-state index contributed by atoms with van der Waals surface area (Å²) in [5, 5.41) is 16.7. The molecule has 0 spiro atoms. The molecule has 1 fully saturated rings. The van der Waals surface area contributed by atoms with Gasteiger partial charge < -0.3 is 10.4 Å². The Balaban J connectivity index is 2.01. The maximum absolute atomic E-state index is 12.6. The van der Waals surface area contributed by atoms with Crippen molar-refractivity contribution >= 4 is 22.6 Å². The number of nitrogens with one attached hydrogen (secondary N) is 1. The van der Waals surface area contributed by atoms with Gasteiger partial charge in [-0.15, -0.1) is 0 Å². The van der Waals surface area contributed by atoms with Gasteiger partial charge in [-0.05, 0) is 25.8 Å². The number of fused-ring (bicyclic) bond motifs is 1. The third kappa shape index (κ3) is 2.89. The fourth-order valence-electron chi connectivity index (χ4n) is 3.13. The fraction of sp³-hybridized carbons (Fsp3) is 0.412. The van der Waals surface area contributed by atoms with Crippen molar-refractivity contribution in [1.29, 1.82) is 0 Å². The maximum atomic E-state index is 12.6. The van der Waals surface area contributed by atoms with Gasteiger partial charge in [-0.1, -0.05) is 31.0 Å². The number of amides is 1. The number of carbonyl (C=O) groups is 2. The third-order valence-corrected chi connectivity index (χ3v) is 4.48. The Bertz CT molecular complexity index is 853. The lowest BCUT2D eigenvalue weighted by Gasteiger charge is -2.18. The fourth-order valence-corrected chi connectivity index (χ4v) is 3.13. The summed E-state index contributed by atoms with van der Waals surface area (Å²) < 4.78 is 0.968. The van der Waals surface area contributed by atoms with Crippen LogP contribution in [0.4, 0.5) is 0 Å². The van der Waals surface area contributed by atoms with Gasteiger partial charge in [0.05, 0.1) is 5.39 Å². The molecule has 7 heteroatoms. The Morgan fingerprint density at radius 2 is 1.88 bits per heavy atom. The van der Waals surface area contributed by atoms with Crippen molar-refractivity contribution < 1.29 is 14.7 Å². The van der Waals surface area contributed by atoms with Crippen LogP contribution in [0.5, 0.6) is 0 Å². The third-order valence-electron chi connectivity index (χ3n) is 4.48. The number of carbonyl (C=O) groups excluding carboxylic acids is 1. The van der Waals surface area contributed by atoms with Crippen molar-refractivity contribution in [2.24, 2.45) is 0 Å². The Hall–Kier alpha value is -2.70. The average Bonchev–Trinajstić information content (AvgIpc) is 3.07. The number of rotatable bonds is 4. The Morgan fingerprint density at radius 3 is 2.50 bits per heavy atom. The van der Waals surface area contributed by atoms with Crippen molar-refractivity contribution in [3.8, 4) is 0 Å². The molecule has 24 heavy (non-hydrogen) atoms. The SMILES string of the molecule is C[C@H](C(=O)NC1CCCC1)n1nc(C(=O)O)c2ccccc2c1=O. The minimum atomic E-state index is -1.23. The van der Waals surface area contributed by atoms with Gasteiger partial charge in [-0.25, -0.2) is 9.48 Å². The second-order valence-electron chi connectivity index (χ2n) is 6.12. The van der Waals surface area contributed by atoms with E-state index in [4.69, 9.17) is 0 Å². The number of hydrogen-bond donors (Lipinski definition) is 2. The number of nitrogens with zero attached hydrogens (tertiary/aromatic N) is 2. The van der Waals surface area contributed by atoms with E-state index < -0.39 is 17.6 Å². The predicted molar refractivity (Wildman–Crippen MR) is 88.1 cm³/mol. The minimum Gasteiger partial charge on any atom is -0.476 e. The number of benzene rings is 1. The van der Waals surface area contributed by atoms with Gasteiger partial charge in [0.2, 0.25) is 5.91 Å². The summed E-state index contributed by atoms with van der Waals surface area (Å²) in [6, 6.07) is 5.64. The van der Waals surface area contributed by atoms with E-state index in [1.165, 1.54) is 0 Å². The zero-order chi connectivity index (χ0) is 17.3. The lowest BCUT2D eigenvalue weighted by atomic mass is 10.1. The first kappa shape index (κ1) is 16.2. The first-order valence-corrected chi connectivity index (χ1v) is 8.04. The quantitative estimate of drug-likeness (QED) is 0.889. The second kappa shape index (κ2) is 6.43. The predicted octanol–water partition coefficient (Wildman–Crippen LogP) is 1.71. The molecular weight excluding hydrogens is 310 g/mol. The van der Waals surface area contributed by atoms with Crippen molar-refractivity contribution in [1.82, 2.24) is 15.1 Å². The van der Waals surface area contributed by atoms with E-state index in [9.17, 15) is 19.5 Å². The van der Waals surface area contributed by atoms with Gasteiger partial charge in [0, 0.05) is 11.4 Å². The van der Waals surface area contributed by atoms with Crippen LogP contribution in [-0.2, 0) is 4.79 Å². The van der Waals surface area contributed by atoms with Crippen molar-refractivity contribution in [2.45, 2.75) is 44.7 Å². The topological polar surface area (TPSA) is 101 Å². The number of aromatic carboxylic acids is 1. The molecule has 7 nitrogen and oxygen atoms in total. The standard InChI is InChI=1S/C17H19N3O4/c1-10(15(21)18-11-6-2-3-7-11)20-16(22)13-9-5-4-8-12(13)14(19-20)17(23)24/h4-5,8-11H,2-3,6-7H2,1H3,(H,18,21)(H,23,24)/t10-/m1/s1. The van der Waals surface area contributed by atoms with Crippen LogP contribution in [0.1, 0.15) is 49.1 Å². The highest BCUT2D eigenvalue weighted by Gasteiger charge is 2.25. The van der Waals surface area contributed by atoms with Crippen LogP contribution in [0, 0.1) is 0 Å². The summed E-state index contributed by atoms with van der Waals surface area (Å²) in [5.41, 5.74) is -0.699. The van der Waals surface area contributed by atoms with Crippen molar-refractivity contribution in [3.63, 3.8) is 0 Å². The van der Waals surface area contributed by atoms with Gasteiger partial charge in [0.1, 0.15) is 6.04 Å². The summed E-state index contributed by atoms with van der Waals surface area (Å²) in [7, 11) is 0. The van der Waals surface area contributed by atoms with E-state index in [1.807, 2.05) is 0 Å². The largest absolute Gasteiger partial charge is 0.476 e. The summed E-state index contributed by atoms with van der Waals surface area (Å²) in [6.07, 6.45) is 4.02. The molecule has 1 aliphatic rings. The van der Waals surface area contributed by atoms with E-state index in [-0.39, 0.29) is 28.4 Å². The van der Waals surface area contributed by atoms with Crippen LogP contribution in [0.3, 0.4) is 0 Å². The first-order chi connectivity index (χ1) is 11.5. The maximum Gasteiger partial charge on any atom is 0.357 e. The van der Waals surface area contributed by atoms with Crippen molar-refractivity contribution in [3.05, 3.63) is 40.3 Å². The molecule has 0 aliphatic heterocycles. The van der Waals surface area contributed by atoms with Gasteiger partial charge in [0.15, 0.2) is 5.69 Å². The molecule has 1 aromatic heterocycles. The van der Waals surface area contributed by atoms with E-state index in [0.717, 1.165) is 30.4 Å². The highest BCUT2D eigenvalue weighted by atomic mass is 16.4. The Morgan fingerprint density at radius 1 is 1.25 bits per heavy atom. The number of carboxylic acids is 1. The van der Waals surface area contributed by atoms with Crippen LogP contribution in [0.2, 0.25) is 0 Å². The lowest BCUT2D eigenvalue weighted by Crippen LogP contribution is -2.41. The minimum absolute atomic E-state index is 0.120. The van der Waals surface area contributed by atoms with Crippen LogP contribution >= 0.6 is 0 Å². The second-order valence-corrected chi connectivity index (χ2v) is 6.12. The van der Waals surface area contributed by atoms with E-state index in [2.05, 4.69) is 10.4 Å². The highest BCUT2D eigenvalue weighted by molar-refractivity contribution is 6.01. The Kier molecular flexibility index (Phi) is 4.33. The number of aromatic nitrogens is 2. The molecule has 2 aromatic rings.